The second kappa shape index (κ2) is 6.60. The number of aromatic nitrogens is 1. The number of ether oxygens (including phenoxy) is 1. The molecule has 1 aromatic carbocycles. The Morgan fingerprint density at radius 3 is 2.76 bits per heavy atom. The van der Waals surface area contributed by atoms with Crippen LogP contribution in [0.3, 0.4) is 0 Å². The first-order valence-electron chi connectivity index (χ1n) is 7.93. The molecule has 1 aliphatic rings. The van der Waals surface area contributed by atoms with Crippen molar-refractivity contribution in [1.82, 2.24) is 9.47 Å². The van der Waals surface area contributed by atoms with E-state index in [4.69, 9.17) is 4.74 Å². The number of aliphatic hydroxyl groups excluding tert-OH is 1. The fraction of sp³-hybridized carbons (Fsp3) is 0.333. The van der Waals surface area contributed by atoms with E-state index in [0.29, 0.717) is 25.1 Å². The molecule has 0 spiro atoms. The maximum atomic E-state index is 12.6. The number of carbonyl (C=O) groups excluding carboxylic acids is 1. The Morgan fingerprint density at radius 2 is 2.04 bits per heavy atom. The normalized spacial score (nSPS) is 14.8. The molecule has 132 valence electrons. The summed E-state index contributed by atoms with van der Waals surface area (Å²) in [6.07, 6.45) is 0.958. The van der Waals surface area contributed by atoms with Crippen LogP contribution in [-0.2, 0) is 24.8 Å². The molecule has 0 radical (unpaired) electrons. The number of fused-ring (bicyclic) bond motifs is 1. The number of amides is 1. The van der Waals surface area contributed by atoms with Crippen molar-refractivity contribution in [3.05, 3.63) is 57.5 Å². The van der Waals surface area contributed by atoms with Crippen LogP contribution in [0, 0.1) is 0 Å². The smallest absolute Gasteiger partial charge is 0.256 e. The number of pyridine rings is 1. The summed E-state index contributed by atoms with van der Waals surface area (Å²) in [7, 11) is 3.07. The number of phenols is 1. The quantitative estimate of drug-likeness (QED) is 0.856. The van der Waals surface area contributed by atoms with Crippen molar-refractivity contribution in [2.24, 2.45) is 7.05 Å². The predicted molar refractivity (Wildman–Crippen MR) is 90.4 cm³/mol. The van der Waals surface area contributed by atoms with Crippen LogP contribution < -0.4 is 10.3 Å². The highest BCUT2D eigenvalue weighted by molar-refractivity contribution is 5.82. The summed E-state index contributed by atoms with van der Waals surface area (Å²) in [5.74, 6) is -0.283. The van der Waals surface area contributed by atoms with Crippen LogP contribution in [0.4, 0.5) is 0 Å². The molecule has 0 aliphatic carbocycles. The summed E-state index contributed by atoms with van der Waals surface area (Å²) in [6, 6.07) is 5.91. The van der Waals surface area contributed by atoms with E-state index < -0.39 is 12.0 Å². The molecule has 0 saturated carbocycles. The maximum absolute atomic E-state index is 12.6. The minimum Gasteiger partial charge on any atom is -0.504 e. The third kappa shape index (κ3) is 3.23. The Bertz CT molecular complexity index is 874. The number of methoxy groups -OCH3 is 1. The number of benzene rings is 1. The number of hydrogen-bond donors (Lipinski definition) is 2. The van der Waals surface area contributed by atoms with E-state index in [1.54, 1.807) is 24.2 Å². The number of hydrogen-bond acceptors (Lipinski definition) is 5. The van der Waals surface area contributed by atoms with Crippen LogP contribution in [0.2, 0.25) is 0 Å². The van der Waals surface area contributed by atoms with E-state index in [1.165, 1.54) is 29.9 Å². The fourth-order valence-corrected chi connectivity index (χ4v) is 3.01. The van der Waals surface area contributed by atoms with Gasteiger partial charge in [-0.3, -0.25) is 9.59 Å². The minimum absolute atomic E-state index is 0.0567. The van der Waals surface area contributed by atoms with Crippen LogP contribution >= 0.6 is 0 Å². The van der Waals surface area contributed by atoms with Gasteiger partial charge in [0.25, 0.3) is 11.5 Å². The third-order valence-corrected chi connectivity index (χ3v) is 4.48. The lowest BCUT2D eigenvalue weighted by molar-refractivity contribution is -0.141. The van der Waals surface area contributed by atoms with Crippen LogP contribution in [-0.4, -0.2) is 39.2 Å². The monoisotopic (exact) mass is 344 g/mol. The summed E-state index contributed by atoms with van der Waals surface area (Å²) in [6.45, 7) is 0.778. The molecule has 0 fully saturated rings. The van der Waals surface area contributed by atoms with E-state index in [1.807, 2.05) is 0 Å². The highest BCUT2D eigenvalue weighted by Crippen LogP contribution is 2.30. The van der Waals surface area contributed by atoms with Crippen molar-refractivity contribution < 1.29 is 19.7 Å². The number of rotatable bonds is 3. The van der Waals surface area contributed by atoms with Crippen LogP contribution in [0.25, 0.3) is 0 Å². The Morgan fingerprint density at radius 1 is 1.28 bits per heavy atom. The average Bonchev–Trinajstić information content (AvgIpc) is 2.61. The minimum atomic E-state index is -1.34. The topological polar surface area (TPSA) is 92.0 Å². The van der Waals surface area contributed by atoms with Crippen LogP contribution in [0.1, 0.15) is 22.8 Å². The fourth-order valence-electron chi connectivity index (χ4n) is 3.01. The first-order valence-corrected chi connectivity index (χ1v) is 7.93. The Balaban J connectivity index is 1.81. The van der Waals surface area contributed by atoms with Gasteiger partial charge in [0.2, 0.25) is 0 Å². The van der Waals surface area contributed by atoms with E-state index in [2.05, 4.69) is 0 Å². The van der Waals surface area contributed by atoms with Crippen molar-refractivity contribution in [2.45, 2.75) is 19.1 Å². The molecule has 2 heterocycles. The molecule has 7 heteroatoms. The van der Waals surface area contributed by atoms with Gasteiger partial charge in [-0.05, 0) is 35.2 Å². The highest BCUT2D eigenvalue weighted by atomic mass is 16.5. The Kier molecular flexibility index (Phi) is 4.50. The van der Waals surface area contributed by atoms with Crippen LogP contribution in [0.5, 0.6) is 11.5 Å². The van der Waals surface area contributed by atoms with Crippen molar-refractivity contribution in [3.63, 3.8) is 0 Å². The summed E-state index contributed by atoms with van der Waals surface area (Å²) in [5, 5.41) is 20.0. The van der Waals surface area contributed by atoms with E-state index in [-0.39, 0.29) is 17.1 Å². The summed E-state index contributed by atoms with van der Waals surface area (Å²) < 4.78 is 6.49. The lowest BCUT2D eigenvalue weighted by atomic mass is 10.0. The summed E-state index contributed by atoms with van der Waals surface area (Å²) >= 11 is 0. The zero-order chi connectivity index (χ0) is 18.1. The Hall–Kier alpha value is -2.80. The molecular weight excluding hydrogens is 324 g/mol. The molecule has 0 saturated heterocycles. The zero-order valence-electron chi connectivity index (χ0n) is 14.1. The maximum Gasteiger partial charge on any atom is 0.256 e. The molecule has 1 atom stereocenters. The van der Waals surface area contributed by atoms with Crippen molar-refractivity contribution in [1.29, 1.82) is 0 Å². The van der Waals surface area contributed by atoms with Gasteiger partial charge in [0.1, 0.15) is 0 Å². The van der Waals surface area contributed by atoms with Gasteiger partial charge in [-0.25, -0.2) is 0 Å². The van der Waals surface area contributed by atoms with Crippen LogP contribution in [0.15, 0.2) is 35.3 Å². The van der Waals surface area contributed by atoms with Gasteiger partial charge in [-0.1, -0.05) is 6.07 Å². The predicted octanol–water partition coefficient (Wildman–Crippen LogP) is 0.718. The molecule has 2 N–H and O–H groups in total. The third-order valence-electron chi connectivity index (χ3n) is 4.48. The number of nitrogens with zero attached hydrogens (tertiary/aromatic N) is 2. The molecule has 25 heavy (non-hydrogen) atoms. The van der Waals surface area contributed by atoms with Gasteiger partial charge in [0.15, 0.2) is 17.6 Å². The number of aliphatic hydroxyl groups is 1. The molecule has 3 rings (SSSR count). The standard InChI is InChI=1S/C18H20N2O5/c1-19-9-13-10-20(6-5-11(13)8-16(19)22)18(24)17(23)12-3-4-14(21)15(7-12)25-2/h3-4,7-9,17,21,23H,5-6,10H2,1-2H3. The average molecular weight is 344 g/mol. The second-order valence-corrected chi connectivity index (χ2v) is 6.12. The molecule has 0 bridgehead atoms. The number of aryl methyl sites for hydroxylation is 1. The van der Waals surface area contributed by atoms with Gasteiger partial charge in [-0.2, -0.15) is 0 Å². The molecule has 7 nitrogen and oxygen atoms in total. The van der Waals surface area contributed by atoms with Crippen molar-refractivity contribution in [3.8, 4) is 11.5 Å². The number of aromatic hydroxyl groups is 1. The molecule has 1 aromatic heterocycles. The van der Waals surface area contributed by atoms with Gasteiger partial charge >= 0.3 is 0 Å². The van der Waals surface area contributed by atoms with Gasteiger partial charge in [0.05, 0.1) is 7.11 Å². The largest absolute Gasteiger partial charge is 0.504 e. The first kappa shape index (κ1) is 17.0. The molecule has 1 unspecified atom stereocenters. The molecule has 2 aromatic rings. The van der Waals surface area contributed by atoms with Crippen molar-refractivity contribution >= 4 is 5.91 Å². The number of phenolic OH excluding ortho intramolecular Hbond substituents is 1. The van der Waals surface area contributed by atoms with Gasteiger partial charge in [0, 0.05) is 32.4 Å². The first-order chi connectivity index (χ1) is 11.9. The van der Waals surface area contributed by atoms with E-state index in [0.717, 1.165) is 11.1 Å². The summed E-state index contributed by atoms with van der Waals surface area (Å²) in [5.41, 5.74) is 2.12. The van der Waals surface area contributed by atoms with E-state index in [9.17, 15) is 19.8 Å². The van der Waals surface area contributed by atoms with Crippen molar-refractivity contribution in [2.75, 3.05) is 13.7 Å². The molecule has 1 aliphatic heterocycles. The lowest BCUT2D eigenvalue weighted by Crippen LogP contribution is -2.39. The second-order valence-electron chi connectivity index (χ2n) is 6.12. The SMILES string of the molecule is COc1cc(C(O)C(=O)N2CCc3cc(=O)n(C)cc3C2)ccc1O. The molecular formula is C18H20N2O5. The van der Waals surface area contributed by atoms with E-state index >= 15 is 0 Å². The summed E-state index contributed by atoms with van der Waals surface area (Å²) in [4.78, 5) is 25.9. The van der Waals surface area contributed by atoms with Gasteiger partial charge < -0.3 is 24.4 Å². The highest BCUT2D eigenvalue weighted by Gasteiger charge is 2.28. The van der Waals surface area contributed by atoms with Gasteiger partial charge in [-0.15, -0.1) is 0 Å². The zero-order valence-corrected chi connectivity index (χ0v) is 14.1. The number of carbonyl (C=O) groups is 1. The Labute approximate surface area is 144 Å². The molecule has 1 amide bonds. The lowest BCUT2D eigenvalue weighted by Gasteiger charge is -2.30.